The summed E-state index contributed by atoms with van der Waals surface area (Å²) in [5.41, 5.74) is 2.60. The lowest BCUT2D eigenvalue weighted by Crippen LogP contribution is -2.07. The second-order valence-corrected chi connectivity index (χ2v) is 4.79. The lowest BCUT2D eigenvalue weighted by Gasteiger charge is -2.06. The van der Waals surface area contributed by atoms with E-state index in [2.05, 4.69) is 20.5 Å². The van der Waals surface area contributed by atoms with Crippen molar-refractivity contribution in [3.63, 3.8) is 0 Å². The van der Waals surface area contributed by atoms with Crippen molar-refractivity contribution in [2.24, 2.45) is 0 Å². The zero-order valence-electron chi connectivity index (χ0n) is 11.7. The van der Waals surface area contributed by atoms with Crippen LogP contribution in [0.5, 0.6) is 0 Å². The van der Waals surface area contributed by atoms with Gasteiger partial charge in [-0.25, -0.2) is 0 Å². The van der Waals surface area contributed by atoms with E-state index in [0.717, 1.165) is 22.6 Å². The fraction of sp³-hybridized carbons (Fsp3) is 0.0625. The Labute approximate surface area is 126 Å². The summed E-state index contributed by atoms with van der Waals surface area (Å²) < 4.78 is 7.56. The average Bonchev–Trinajstić information content (AvgIpc) is 3.20. The van der Waals surface area contributed by atoms with Crippen molar-refractivity contribution in [1.29, 1.82) is 0 Å². The van der Waals surface area contributed by atoms with Crippen molar-refractivity contribution in [1.82, 2.24) is 19.7 Å². The Morgan fingerprint density at radius 2 is 1.82 bits per heavy atom. The van der Waals surface area contributed by atoms with Crippen molar-refractivity contribution in [2.75, 3.05) is 5.32 Å². The van der Waals surface area contributed by atoms with Crippen LogP contribution in [-0.2, 0) is 6.54 Å². The summed E-state index contributed by atoms with van der Waals surface area (Å²) in [6.07, 6.45) is 1.69. The molecule has 0 amide bonds. The summed E-state index contributed by atoms with van der Waals surface area (Å²) in [6.45, 7) is 0.474. The van der Waals surface area contributed by atoms with Gasteiger partial charge < -0.3 is 9.73 Å². The van der Waals surface area contributed by atoms with Crippen molar-refractivity contribution >= 4 is 17.1 Å². The Balaban J connectivity index is 1.56. The van der Waals surface area contributed by atoms with Crippen molar-refractivity contribution in [3.05, 3.63) is 66.7 Å². The summed E-state index contributed by atoms with van der Waals surface area (Å²) in [5.74, 6) is 0.786. The lowest BCUT2D eigenvalue weighted by molar-refractivity contribution is 0.612. The van der Waals surface area contributed by atoms with Crippen LogP contribution in [0.2, 0.25) is 0 Å². The number of benzene rings is 2. The highest BCUT2D eigenvalue weighted by Crippen LogP contribution is 2.18. The van der Waals surface area contributed by atoms with Gasteiger partial charge in [0.05, 0.1) is 6.54 Å². The molecule has 0 saturated carbocycles. The van der Waals surface area contributed by atoms with Crippen LogP contribution in [0.4, 0.5) is 6.01 Å². The molecule has 0 aliphatic carbocycles. The van der Waals surface area contributed by atoms with Crippen LogP contribution in [0, 0.1) is 0 Å². The number of hydrogen-bond donors (Lipinski definition) is 1. The molecule has 22 heavy (non-hydrogen) atoms. The van der Waals surface area contributed by atoms with Gasteiger partial charge in [0.15, 0.2) is 11.4 Å². The van der Waals surface area contributed by atoms with Crippen molar-refractivity contribution in [3.8, 4) is 5.69 Å². The fourth-order valence-electron chi connectivity index (χ4n) is 2.29. The van der Waals surface area contributed by atoms with E-state index >= 15 is 0 Å². The molecule has 108 valence electrons. The molecule has 0 atom stereocenters. The highest BCUT2D eigenvalue weighted by atomic mass is 16.4. The molecule has 0 saturated heterocycles. The Hall–Kier alpha value is -3.15. The topological polar surface area (TPSA) is 68.8 Å². The summed E-state index contributed by atoms with van der Waals surface area (Å²) in [6, 6.07) is 18.1. The van der Waals surface area contributed by atoms with E-state index in [4.69, 9.17) is 4.42 Å². The summed E-state index contributed by atoms with van der Waals surface area (Å²) in [7, 11) is 0. The van der Waals surface area contributed by atoms with Crippen LogP contribution in [0.15, 0.2) is 65.3 Å². The minimum atomic E-state index is 0.474. The van der Waals surface area contributed by atoms with Gasteiger partial charge in [0.2, 0.25) is 0 Å². The first-order chi connectivity index (χ1) is 10.9. The molecule has 2 aromatic carbocycles. The zero-order chi connectivity index (χ0) is 14.8. The van der Waals surface area contributed by atoms with Crippen LogP contribution in [0.3, 0.4) is 0 Å². The highest BCUT2D eigenvalue weighted by Gasteiger charge is 2.09. The summed E-state index contributed by atoms with van der Waals surface area (Å²) in [4.78, 5) is 4.38. The summed E-state index contributed by atoms with van der Waals surface area (Å²) >= 11 is 0. The smallest absolute Gasteiger partial charge is 0.296 e. The third-order valence-electron chi connectivity index (χ3n) is 3.34. The Kier molecular flexibility index (Phi) is 3.05. The van der Waals surface area contributed by atoms with E-state index in [1.54, 1.807) is 6.33 Å². The van der Waals surface area contributed by atoms with Crippen LogP contribution in [-0.4, -0.2) is 19.7 Å². The van der Waals surface area contributed by atoms with E-state index in [9.17, 15) is 0 Å². The minimum Gasteiger partial charge on any atom is -0.424 e. The Morgan fingerprint density at radius 1 is 1.00 bits per heavy atom. The van der Waals surface area contributed by atoms with Gasteiger partial charge in [-0.15, -0.1) is 10.2 Å². The molecule has 2 heterocycles. The van der Waals surface area contributed by atoms with E-state index in [1.165, 1.54) is 0 Å². The predicted octanol–water partition coefficient (Wildman–Crippen LogP) is 3.02. The van der Waals surface area contributed by atoms with Gasteiger partial charge >= 0.3 is 0 Å². The van der Waals surface area contributed by atoms with Crippen molar-refractivity contribution in [2.45, 2.75) is 6.54 Å². The fourth-order valence-corrected chi connectivity index (χ4v) is 2.29. The molecule has 4 aromatic rings. The molecule has 4 rings (SSSR count). The molecule has 0 unspecified atom stereocenters. The van der Waals surface area contributed by atoms with Crippen LogP contribution in [0.25, 0.3) is 16.8 Å². The average molecular weight is 291 g/mol. The third kappa shape index (κ3) is 2.31. The number of fused-ring (bicyclic) bond motifs is 1. The van der Waals surface area contributed by atoms with E-state index in [1.807, 2.05) is 59.2 Å². The number of anilines is 1. The SMILES string of the molecule is c1ccc(-n2cnnc2CNc2nc3ccccc3o2)cc1. The first kappa shape index (κ1) is 12.6. The number of oxazole rings is 1. The maximum Gasteiger partial charge on any atom is 0.296 e. The van der Waals surface area contributed by atoms with Gasteiger partial charge in [0.25, 0.3) is 6.01 Å². The van der Waals surface area contributed by atoms with Crippen LogP contribution in [0.1, 0.15) is 5.82 Å². The molecule has 0 spiro atoms. The lowest BCUT2D eigenvalue weighted by atomic mass is 10.3. The maximum absolute atomic E-state index is 5.63. The standard InChI is InChI=1S/C16H13N5O/c1-2-6-12(7-3-1)21-11-18-20-15(21)10-17-16-19-13-8-4-5-9-14(13)22-16/h1-9,11H,10H2,(H,17,19). The van der Waals surface area contributed by atoms with E-state index in [0.29, 0.717) is 12.6 Å². The second kappa shape index (κ2) is 5.33. The molecular formula is C16H13N5O. The molecular weight excluding hydrogens is 278 g/mol. The van der Waals surface area contributed by atoms with E-state index < -0.39 is 0 Å². The molecule has 0 aliphatic heterocycles. The molecule has 0 radical (unpaired) electrons. The first-order valence-corrected chi connectivity index (χ1v) is 6.94. The number of aromatic nitrogens is 4. The number of nitrogens with one attached hydrogen (secondary N) is 1. The predicted molar refractivity (Wildman–Crippen MR) is 82.7 cm³/mol. The zero-order valence-corrected chi connectivity index (χ0v) is 11.7. The number of para-hydroxylation sites is 3. The highest BCUT2D eigenvalue weighted by molar-refractivity contribution is 5.74. The van der Waals surface area contributed by atoms with E-state index in [-0.39, 0.29) is 0 Å². The van der Waals surface area contributed by atoms with Crippen molar-refractivity contribution < 1.29 is 4.42 Å². The largest absolute Gasteiger partial charge is 0.424 e. The van der Waals surface area contributed by atoms with Gasteiger partial charge in [0.1, 0.15) is 11.8 Å². The molecule has 0 fully saturated rings. The van der Waals surface area contributed by atoms with Gasteiger partial charge in [-0.2, -0.15) is 4.98 Å². The molecule has 6 heteroatoms. The normalized spacial score (nSPS) is 10.9. The third-order valence-corrected chi connectivity index (χ3v) is 3.34. The second-order valence-electron chi connectivity index (χ2n) is 4.79. The van der Waals surface area contributed by atoms with Gasteiger partial charge in [0, 0.05) is 5.69 Å². The molecule has 1 N–H and O–H groups in total. The minimum absolute atomic E-state index is 0.474. The number of rotatable bonds is 4. The van der Waals surface area contributed by atoms with Crippen LogP contribution >= 0.6 is 0 Å². The molecule has 6 nitrogen and oxygen atoms in total. The first-order valence-electron chi connectivity index (χ1n) is 6.94. The molecule has 0 bridgehead atoms. The van der Waals surface area contributed by atoms with Crippen LogP contribution < -0.4 is 5.32 Å². The Bertz CT molecular complexity index is 864. The number of hydrogen-bond acceptors (Lipinski definition) is 5. The Morgan fingerprint density at radius 3 is 2.68 bits per heavy atom. The molecule has 0 aliphatic rings. The summed E-state index contributed by atoms with van der Waals surface area (Å²) in [5, 5.41) is 11.3. The molecule has 2 aromatic heterocycles. The number of nitrogens with zero attached hydrogens (tertiary/aromatic N) is 4. The quantitative estimate of drug-likeness (QED) is 0.626. The maximum atomic E-state index is 5.63. The van der Waals surface area contributed by atoms with Gasteiger partial charge in [-0.05, 0) is 24.3 Å². The van der Waals surface area contributed by atoms with Gasteiger partial charge in [-0.3, -0.25) is 4.57 Å². The van der Waals surface area contributed by atoms with Gasteiger partial charge in [-0.1, -0.05) is 30.3 Å². The monoisotopic (exact) mass is 291 g/mol.